The van der Waals surface area contributed by atoms with E-state index in [1.54, 1.807) is 0 Å². The lowest BCUT2D eigenvalue weighted by atomic mass is 9.93. The third-order valence-corrected chi connectivity index (χ3v) is 5.29. The van der Waals surface area contributed by atoms with Crippen molar-refractivity contribution in [2.45, 2.75) is 31.3 Å². The van der Waals surface area contributed by atoms with Gasteiger partial charge in [-0.25, -0.2) is 13.6 Å². The summed E-state index contributed by atoms with van der Waals surface area (Å²) in [5.74, 6) is -3.85. The highest BCUT2D eigenvalue weighted by atomic mass is 19.1. The standard InChI is InChI=1S/C20H17F2NO3/c21-15-6-3-7-16(22)18(15)13-9-14(13)19(24)23-10-12-5-2-1-4-11(12)8-17(23)20(25)26/h1-7,13-14,17H,8-10H2,(H,25,26). The van der Waals surface area contributed by atoms with Gasteiger partial charge in [-0.3, -0.25) is 4.79 Å². The highest BCUT2D eigenvalue weighted by Crippen LogP contribution is 2.50. The van der Waals surface area contributed by atoms with E-state index in [4.69, 9.17) is 0 Å². The van der Waals surface area contributed by atoms with Gasteiger partial charge in [-0.05, 0) is 29.7 Å². The summed E-state index contributed by atoms with van der Waals surface area (Å²) in [5.41, 5.74) is 1.75. The van der Waals surface area contributed by atoms with E-state index >= 15 is 0 Å². The van der Waals surface area contributed by atoms with Crippen LogP contribution in [0.1, 0.15) is 29.0 Å². The number of carbonyl (C=O) groups excluding carboxylic acids is 1. The molecular formula is C20H17F2NO3. The summed E-state index contributed by atoms with van der Waals surface area (Å²) in [7, 11) is 0. The van der Waals surface area contributed by atoms with Crippen LogP contribution in [0.3, 0.4) is 0 Å². The van der Waals surface area contributed by atoms with E-state index in [1.807, 2.05) is 24.3 Å². The maximum Gasteiger partial charge on any atom is 0.326 e. The number of carboxylic acids is 1. The van der Waals surface area contributed by atoms with Crippen LogP contribution in [0.4, 0.5) is 8.78 Å². The highest BCUT2D eigenvalue weighted by molar-refractivity contribution is 5.88. The number of benzene rings is 2. The Morgan fingerprint density at radius 1 is 1.00 bits per heavy atom. The van der Waals surface area contributed by atoms with Gasteiger partial charge < -0.3 is 10.0 Å². The van der Waals surface area contributed by atoms with E-state index in [9.17, 15) is 23.5 Å². The molecule has 1 saturated carbocycles. The van der Waals surface area contributed by atoms with Gasteiger partial charge in [0.1, 0.15) is 17.7 Å². The molecule has 2 aromatic carbocycles. The summed E-state index contributed by atoms with van der Waals surface area (Å²) in [4.78, 5) is 25.9. The van der Waals surface area contributed by atoms with Crippen LogP contribution < -0.4 is 0 Å². The van der Waals surface area contributed by atoms with Crippen LogP contribution in [-0.2, 0) is 22.6 Å². The van der Waals surface area contributed by atoms with Crippen LogP contribution in [0.25, 0.3) is 0 Å². The quantitative estimate of drug-likeness (QED) is 0.918. The number of fused-ring (bicyclic) bond motifs is 1. The van der Waals surface area contributed by atoms with Crippen molar-refractivity contribution >= 4 is 11.9 Å². The number of carboxylic acid groups (broad SMARTS) is 1. The summed E-state index contributed by atoms with van der Waals surface area (Å²) in [6.45, 7) is 0.203. The van der Waals surface area contributed by atoms with E-state index in [0.717, 1.165) is 11.1 Å². The molecule has 1 aliphatic heterocycles. The summed E-state index contributed by atoms with van der Waals surface area (Å²) < 4.78 is 27.9. The van der Waals surface area contributed by atoms with Crippen LogP contribution in [0.5, 0.6) is 0 Å². The Kier molecular flexibility index (Phi) is 3.98. The normalized spacial score (nSPS) is 24.1. The largest absolute Gasteiger partial charge is 0.480 e. The number of halogens is 2. The lowest BCUT2D eigenvalue weighted by Gasteiger charge is -2.34. The molecule has 1 N–H and O–H groups in total. The third-order valence-electron chi connectivity index (χ3n) is 5.29. The fourth-order valence-corrected chi connectivity index (χ4v) is 3.84. The van der Waals surface area contributed by atoms with Gasteiger partial charge in [-0.15, -0.1) is 0 Å². The minimum atomic E-state index is -1.07. The topological polar surface area (TPSA) is 57.6 Å². The van der Waals surface area contributed by atoms with E-state index in [-0.39, 0.29) is 24.4 Å². The lowest BCUT2D eigenvalue weighted by Crippen LogP contribution is -2.49. The van der Waals surface area contributed by atoms with Crippen molar-refractivity contribution in [1.29, 1.82) is 0 Å². The smallest absolute Gasteiger partial charge is 0.326 e. The first-order chi connectivity index (χ1) is 12.5. The molecule has 0 bridgehead atoms. The monoisotopic (exact) mass is 357 g/mol. The molecule has 0 spiro atoms. The van der Waals surface area contributed by atoms with Gasteiger partial charge in [0, 0.05) is 30.4 Å². The van der Waals surface area contributed by atoms with E-state index in [1.165, 1.54) is 23.1 Å². The Labute approximate surface area is 149 Å². The molecular weight excluding hydrogens is 340 g/mol. The van der Waals surface area contributed by atoms with Gasteiger partial charge >= 0.3 is 5.97 Å². The van der Waals surface area contributed by atoms with Gasteiger partial charge in [-0.2, -0.15) is 0 Å². The van der Waals surface area contributed by atoms with Crippen molar-refractivity contribution < 1.29 is 23.5 Å². The van der Waals surface area contributed by atoms with Gasteiger partial charge in [0.15, 0.2) is 0 Å². The molecule has 4 rings (SSSR count). The number of rotatable bonds is 3. The molecule has 2 aromatic rings. The van der Waals surface area contributed by atoms with Crippen LogP contribution in [0, 0.1) is 17.6 Å². The molecule has 0 saturated heterocycles. The first-order valence-corrected chi connectivity index (χ1v) is 8.51. The SMILES string of the molecule is O=C(O)C1Cc2ccccc2CN1C(=O)C1CC1c1c(F)cccc1F. The molecule has 6 heteroatoms. The maximum atomic E-state index is 14.0. The first-order valence-electron chi connectivity index (χ1n) is 8.51. The highest BCUT2D eigenvalue weighted by Gasteiger charge is 2.50. The first kappa shape index (κ1) is 16.7. The predicted molar refractivity (Wildman–Crippen MR) is 89.3 cm³/mol. The molecule has 1 heterocycles. The molecule has 0 radical (unpaired) electrons. The van der Waals surface area contributed by atoms with Gasteiger partial charge in [0.2, 0.25) is 5.91 Å². The molecule has 1 aliphatic carbocycles. The molecule has 1 fully saturated rings. The van der Waals surface area contributed by atoms with Crippen LogP contribution in [0.15, 0.2) is 42.5 Å². The minimum absolute atomic E-state index is 0.0739. The number of hydrogen-bond acceptors (Lipinski definition) is 2. The molecule has 1 amide bonds. The Hall–Kier alpha value is -2.76. The second-order valence-corrected chi connectivity index (χ2v) is 6.88. The van der Waals surface area contributed by atoms with Gasteiger partial charge in [0.25, 0.3) is 0 Å². The summed E-state index contributed by atoms with van der Waals surface area (Å²) in [6, 6.07) is 10.1. The Bertz CT molecular complexity index is 878. The predicted octanol–water partition coefficient (Wildman–Crippen LogP) is 3.11. The summed E-state index contributed by atoms with van der Waals surface area (Å²) in [6.07, 6.45) is 0.573. The molecule has 3 atom stereocenters. The zero-order valence-corrected chi connectivity index (χ0v) is 13.9. The third kappa shape index (κ3) is 2.75. The zero-order chi connectivity index (χ0) is 18.4. The molecule has 0 aromatic heterocycles. The second kappa shape index (κ2) is 6.20. The summed E-state index contributed by atoms with van der Waals surface area (Å²) >= 11 is 0. The molecule has 134 valence electrons. The maximum absolute atomic E-state index is 14.0. The number of nitrogens with zero attached hydrogens (tertiary/aromatic N) is 1. The van der Waals surface area contributed by atoms with Crippen molar-refractivity contribution in [2.24, 2.45) is 5.92 Å². The molecule has 2 aliphatic rings. The number of carbonyl (C=O) groups is 2. The van der Waals surface area contributed by atoms with Crippen LogP contribution >= 0.6 is 0 Å². The molecule has 26 heavy (non-hydrogen) atoms. The average Bonchev–Trinajstić information content (AvgIpc) is 3.40. The fourth-order valence-electron chi connectivity index (χ4n) is 3.84. The minimum Gasteiger partial charge on any atom is -0.480 e. The Morgan fingerprint density at radius 3 is 2.31 bits per heavy atom. The van der Waals surface area contributed by atoms with Crippen molar-refractivity contribution in [2.75, 3.05) is 0 Å². The molecule has 4 nitrogen and oxygen atoms in total. The van der Waals surface area contributed by atoms with E-state index in [0.29, 0.717) is 6.42 Å². The number of amides is 1. The summed E-state index contributed by atoms with van der Waals surface area (Å²) in [5, 5.41) is 9.54. The van der Waals surface area contributed by atoms with Gasteiger partial charge in [-0.1, -0.05) is 30.3 Å². The zero-order valence-electron chi connectivity index (χ0n) is 13.9. The van der Waals surface area contributed by atoms with Crippen molar-refractivity contribution in [3.63, 3.8) is 0 Å². The Morgan fingerprint density at radius 2 is 1.65 bits per heavy atom. The number of aliphatic carboxylic acids is 1. The molecule has 3 unspecified atom stereocenters. The van der Waals surface area contributed by atoms with Crippen LogP contribution in [-0.4, -0.2) is 27.9 Å². The van der Waals surface area contributed by atoms with E-state index in [2.05, 4.69) is 0 Å². The van der Waals surface area contributed by atoms with E-state index < -0.39 is 35.5 Å². The van der Waals surface area contributed by atoms with Crippen molar-refractivity contribution in [1.82, 2.24) is 4.90 Å². The van der Waals surface area contributed by atoms with Gasteiger partial charge in [0.05, 0.1) is 0 Å². The van der Waals surface area contributed by atoms with Crippen molar-refractivity contribution in [3.8, 4) is 0 Å². The second-order valence-electron chi connectivity index (χ2n) is 6.88. The van der Waals surface area contributed by atoms with Crippen molar-refractivity contribution in [3.05, 3.63) is 70.8 Å². The number of hydrogen-bond donors (Lipinski definition) is 1. The average molecular weight is 357 g/mol. The van der Waals surface area contributed by atoms with Crippen LogP contribution in [0.2, 0.25) is 0 Å². The fraction of sp³-hybridized carbons (Fsp3) is 0.300. The Balaban J connectivity index is 1.59. The lowest BCUT2D eigenvalue weighted by molar-refractivity contribution is -0.152.